The summed E-state index contributed by atoms with van der Waals surface area (Å²) in [7, 11) is 0. The first-order chi connectivity index (χ1) is 19.5. The van der Waals surface area contributed by atoms with Crippen LogP contribution in [-0.4, -0.2) is 0 Å². The number of hydrogen-bond donors (Lipinski definition) is 0. The van der Waals surface area contributed by atoms with Crippen molar-refractivity contribution in [3.8, 4) is 33.6 Å². The quantitative estimate of drug-likeness (QED) is 0.205. The molecule has 2 unspecified atom stereocenters. The van der Waals surface area contributed by atoms with Crippen LogP contribution in [-0.2, 0) is 6.42 Å². The highest BCUT2D eigenvalue weighted by Gasteiger charge is 2.46. The van der Waals surface area contributed by atoms with Crippen LogP contribution < -0.4 is 9.13 Å². The molecule has 2 atom stereocenters. The Morgan fingerprint density at radius 1 is 0.775 bits per heavy atom. The smallest absolute Gasteiger partial charge is 0.207 e. The second-order valence-corrected chi connectivity index (χ2v) is 11.4. The molecule has 0 fully saturated rings. The number of nitrogens with zero attached hydrogens (tertiary/aromatic N) is 2. The first-order valence-corrected chi connectivity index (χ1v) is 14.2. The predicted molar refractivity (Wildman–Crippen MR) is 159 cm³/mol. The molecule has 196 valence electrons. The van der Waals surface area contributed by atoms with E-state index in [9.17, 15) is 4.39 Å². The van der Waals surface area contributed by atoms with Crippen molar-refractivity contribution < 1.29 is 13.5 Å². The van der Waals surface area contributed by atoms with Gasteiger partial charge in [0.05, 0.1) is 5.92 Å². The van der Waals surface area contributed by atoms with Gasteiger partial charge in [-0.1, -0.05) is 62.4 Å². The molecule has 0 saturated carbocycles. The van der Waals surface area contributed by atoms with Gasteiger partial charge in [0, 0.05) is 35.4 Å². The molecule has 4 heterocycles. The van der Waals surface area contributed by atoms with Gasteiger partial charge in [0.2, 0.25) is 23.1 Å². The first kappa shape index (κ1) is 24.7. The van der Waals surface area contributed by atoms with Crippen molar-refractivity contribution in [1.82, 2.24) is 0 Å². The molecule has 0 N–H and O–H groups in total. The number of halogens is 1. The zero-order valence-corrected chi connectivity index (χ0v) is 23.0. The van der Waals surface area contributed by atoms with Crippen LogP contribution in [0.4, 0.5) is 4.39 Å². The zero-order valence-electron chi connectivity index (χ0n) is 23.0. The molecule has 0 aliphatic carbocycles. The predicted octanol–water partition coefficient (Wildman–Crippen LogP) is 8.28. The molecule has 0 amide bonds. The summed E-state index contributed by atoms with van der Waals surface area (Å²) in [5.41, 5.74) is 12.1. The average Bonchev–Trinajstić information content (AvgIpc) is 3.04. The van der Waals surface area contributed by atoms with E-state index in [-0.39, 0.29) is 17.8 Å². The molecule has 5 aromatic rings. The Morgan fingerprint density at radius 3 is 2.33 bits per heavy atom. The van der Waals surface area contributed by atoms with Gasteiger partial charge in [-0.15, -0.1) is 0 Å². The molecule has 2 nitrogen and oxygen atoms in total. The van der Waals surface area contributed by atoms with Crippen molar-refractivity contribution in [2.45, 2.75) is 44.6 Å². The van der Waals surface area contributed by atoms with Gasteiger partial charge in [0.25, 0.3) is 0 Å². The standard InChI is InChI=1S/C37H33FN2/c1-24(2)28-18-21-40-36(22-28)33-11-7-6-10-32(33)34-17-14-27-8-4-5-9-31(27)35-23-29(26-12-15-30(38)16-13-26)19-20-39(35)25(3)37(34)40/h4-13,15-16,18-24,34,37H,3,14,17H2,1-2H3/q+2. The summed E-state index contributed by atoms with van der Waals surface area (Å²) in [6, 6.07) is 33.5. The van der Waals surface area contributed by atoms with Crippen LogP contribution in [0.1, 0.15) is 54.8 Å². The number of pyridine rings is 2. The lowest BCUT2D eigenvalue weighted by atomic mass is 9.78. The molecule has 0 saturated heterocycles. The third kappa shape index (κ3) is 4.00. The molecular weight excluding hydrogens is 491 g/mol. The highest BCUT2D eigenvalue weighted by Crippen LogP contribution is 2.45. The Kier molecular flexibility index (Phi) is 5.96. The maximum atomic E-state index is 13.7. The molecule has 40 heavy (non-hydrogen) atoms. The summed E-state index contributed by atoms with van der Waals surface area (Å²) in [5, 5.41) is 0. The fraction of sp³-hybridized carbons (Fsp3) is 0.189. The van der Waals surface area contributed by atoms with Crippen LogP contribution in [0.25, 0.3) is 39.3 Å². The highest BCUT2D eigenvalue weighted by molar-refractivity contribution is 5.72. The van der Waals surface area contributed by atoms with Crippen molar-refractivity contribution >= 4 is 5.70 Å². The normalized spacial score (nSPS) is 17.4. The zero-order chi connectivity index (χ0) is 27.4. The van der Waals surface area contributed by atoms with Gasteiger partial charge < -0.3 is 0 Å². The second kappa shape index (κ2) is 9.67. The molecule has 2 aromatic heterocycles. The summed E-state index contributed by atoms with van der Waals surface area (Å²) in [6.07, 6.45) is 6.43. The number of aromatic nitrogens is 2. The van der Waals surface area contributed by atoms with Crippen LogP contribution in [0.2, 0.25) is 0 Å². The molecule has 3 aromatic carbocycles. The maximum absolute atomic E-state index is 13.7. The van der Waals surface area contributed by atoms with Gasteiger partial charge in [0.1, 0.15) is 5.82 Å². The van der Waals surface area contributed by atoms with E-state index in [1.165, 1.54) is 45.6 Å². The SMILES string of the molecule is C=C1C2C(CCc3ccccc3-c3cc(-c4ccc(F)cc4)cc[n+]31)c1ccccc1-c1cc(C(C)C)cc[n+]12. The Hall–Kier alpha value is -4.37. The lowest BCUT2D eigenvalue weighted by Crippen LogP contribution is -2.53. The topological polar surface area (TPSA) is 7.76 Å². The fourth-order valence-electron chi connectivity index (χ4n) is 6.69. The lowest BCUT2D eigenvalue weighted by molar-refractivity contribution is -0.727. The van der Waals surface area contributed by atoms with Gasteiger partial charge in [-0.3, -0.25) is 0 Å². The van der Waals surface area contributed by atoms with Crippen molar-refractivity contribution in [3.05, 3.63) is 139 Å². The van der Waals surface area contributed by atoms with E-state index in [1.807, 2.05) is 12.1 Å². The van der Waals surface area contributed by atoms with Crippen LogP contribution in [0.5, 0.6) is 0 Å². The number of benzene rings is 3. The summed E-state index contributed by atoms with van der Waals surface area (Å²) in [6.45, 7) is 9.30. The minimum absolute atomic E-state index is 0.0702. The molecule has 2 aliphatic heterocycles. The molecule has 0 bridgehead atoms. The van der Waals surface area contributed by atoms with Gasteiger partial charge in [0.15, 0.2) is 12.4 Å². The Balaban J connectivity index is 1.46. The van der Waals surface area contributed by atoms with Crippen LogP contribution in [0, 0.1) is 5.82 Å². The van der Waals surface area contributed by atoms with E-state index in [4.69, 9.17) is 6.58 Å². The third-order valence-corrected chi connectivity index (χ3v) is 8.79. The number of aryl methyl sites for hydroxylation is 1. The van der Waals surface area contributed by atoms with E-state index in [0.717, 1.165) is 35.4 Å². The molecule has 2 aliphatic rings. The fourth-order valence-corrected chi connectivity index (χ4v) is 6.69. The van der Waals surface area contributed by atoms with Gasteiger partial charge >= 0.3 is 0 Å². The van der Waals surface area contributed by atoms with E-state index >= 15 is 0 Å². The Morgan fingerprint density at radius 2 is 1.52 bits per heavy atom. The summed E-state index contributed by atoms with van der Waals surface area (Å²) in [5.74, 6) is 0.517. The largest absolute Gasteiger partial charge is 0.249 e. The van der Waals surface area contributed by atoms with Crippen LogP contribution in [0.3, 0.4) is 0 Å². The van der Waals surface area contributed by atoms with Gasteiger partial charge in [-0.25, -0.2) is 4.39 Å². The minimum atomic E-state index is -0.223. The summed E-state index contributed by atoms with van der Waals surface area (Å²) < 4.78 is 18.5. The number of allylic oxidation sites excluding steroid dienone is 1. The van der Waals surface area contributed by atoms with E-state index in [1.54, 1.807) is 0 Å². The second-order valence-electron chi connectivity index (χ2n) is 11.4. The molecular formula is C37H33FN2+2. The van der Waals surface area contributed by atoms with E-state index in [2.05, 4.69) is 108 Å². The van der Waals surface area contributed by atoms with E-state index in [0.29, 0.717) is 5.92 Å². The third-order valence-electron chi connectivity index (χ3n) is 8.79. The molecule has 3 heteroatoms. The van der Waals surface area contributed by atoms with E-state index < -0.39 is 0 Å². The minimum Gasteiger partial charge on any atom is -0.207 e. The summed E-state index contributed by atoms with van der Waals surface area (Å²) in [4.78, 5) is 0. The monoisotopic (exact) mass is 524 g/mol. The molecule has 0 spiro atoms. The number of hydrogen-bond acceptors (Lipinski definition) is 0. The molecule has 7 rings (SSSR count). The highest BCUT2D eigenvalue weighted by atomic mass is 19.1. The summed E-state index contributed by atoms with van der Waals surface area (Å²) >= 11 is 0. The Labute approximate surface area is 235 Å². The van der Waals surface area contributed by atoms with Crippen molar-refractivity contribution in [2.24, 2.45) is 0 Å². The van der Waals surface area contributed by atoms with Crippen molar-refractivity contribution in [2.75, 3.05) is 0 Å². The Bertz CT molecular complexity index is 1770. The lowest BCUT2D eigenvalue weighted by Gasteiger charge is -2.29. The maximum Gasteiger partial charge on any atom is 0.249 e. The van der Waals surface area contributed by atoms with Crippen molar-refractivity contribution in [3.63, 3.8) is 0 Å². The first-order valence-electron chi connectivity index (χ1n) is 14.2. The average molecular weight is 525 g/mol. The van der Waals surface area contributed by atoms with Gasteiger partial charge in [-0.2, -0.15) is 9.13 Å². The van der Waals surface area contributed by atoms with Crippen LogP contribution >= 0.6 is 0 Å². The molecule has 0 radical (unpaired) electrons. The number of rotatable bonds is 2. The van der Waals surface area contributed by atoms with Crippen LogP contribution in [0.15, 0.2) is 116 Å². The van der Waals surface area contributed by atoms with Crippen molar-refractivity contribution in [1.29, 1.82) is 0 Å². The number of fused-ring (bicyclic) bond motifs is 9. The van der Waals surface area contributed by atoms with Gasteiger partial charge in [-0.05, 0) is 77.4 Å².